The van der Waals surface area contributed by atoms with Crippen molar-refractivity contribution < 1.29 is 12.8 Å². The molecule has 2 aliphatic heterocycles. The highest BCUT2D eigenvalue weighted by Crippen LogP contribution is 2.48. The number of hydrogen-bond acceptors (Lipinski definition) is 5. The first kappa shape index (κ1) is 17.3. The number of hydrogen-bond donors (Lipinski definition) is 1. The molecule has 27 heavy (non-hydrogen) atoms. The van der Waals surface area contributed by atoms with Gasteiger partial charge in [-0.2, -0.15) is 5.26 Å². The normalized spacial score (nSPS) is 21.2. The van der Waals surface area contributed by atoms with Crippen LogP contribution in [0, 0.1) is 17.1 Å². The Kier molecular flexibility index (Phi) is 4.01. The van der Waals surface area contributed by atoms with E-state index in [1.165, 1.54) is 24.3 Å². The lowest BCUT2D eigenvalue weighted by Gasteiger charge is -2.35. The first-order chi connectivity index (χ1) is 12.9. The van der Waals surface area contributed by atoms with Crippen LogP contribution in [0.1, 0.15) is 17.9 Å². The molecule has 0 saturated carbocycles. The lowest BCUT2D eigenvalue weighted by molar-refractivity contribution is 0.602. The van der Waals surface area contributed by atoms with E-state index in [4.69, 9.17) is 5.73 Å². The first-order valence-electron chi connectivity index (χ1n) is 8.40. The zero-order valence-electron chi connectivity index (χ0n) is 14.3. The molecule has 2 aliphatic rings. The average Bonchev–Trinajstić information content (AvgIpc) is 2.97. The van der Waals surface area contributed by atoms with Crippen molar-refractivity contribution in [3.63, 3.8) is 0 Å². The minimum absolute atomic E-state index is 0.0370. The summed E-state index contributed by atoms with van der Waals surface area (Å²) in [4.78, 5) is 1.78. The van der Waals surface area contributed by atoms with Crippen molar-refractivity contribution in [2.24, 2.45) is 5.73 Å². The van der Waals surface area contributed by atoms with Crippen LogP contribution in [-0.4, -0.2) is 14.2 Å². The molecule has 0 fully saturated rings. The summed E-state index contributed by atoms with van der Waals surface area (Å²) in [6.07, 6.45) is 0.289. The third-order valence-electron chi connectivity index (χ3n) is 4.90. The summed E-state index contributed by atoms with van der Waals surface area (Å²) in [5, 5.41) is 9.80. The molecule has 0 radical (unpaired) electrons. The SMILES string of the molecule is N#CC1=C(N)N(c2ccc(F)cc2)C2=C([C@@H]1c1ccccc1)S(=O)(=O)CC2. The molecule has 0 amide bonds. The number of halogens is 1. The van der Waals surface area contributed by atoms with Crippen LogP contribution in [0.4, 0.5) is 10.1 Å². The third kappa shape index (κ3) is 2.69. The fourth-order valence-corrected chi connectivity index (χ4v) is 5.57. The summed E-state index contributed by atoms with van der Waals surface area (Å²) in [5.74, 6) is -0.997. The average molecular weight is 381 g/mol. The number of rotatable bonds is 2. The number of allylic oxidation sites excluding steroid dienone is 3. The van der Waals surface area contributed by atoms with Gasteiger partial charge in [0, 0.05) is 17.8 Å². The lowest BCUT2D eigenvalue weighted by atomic mass is 9.87. The van der Waals surface area contributed by atoms with Crippen LogP contribution < -0.4 is 10.6 Å². The van der Waals surface area contributed by atoms with Gasteiger partial charge in [0.15, 0.2) is 9.84 Å². The number of nitriles is 1. The van der Waals surface area contributed by atoms with E-state index >= 15 is 0 Å². The highest BCUT2D eigenvalue weighted by Gasteiger charge is 2.45. The fraction of sp³-hybridized carbons (Fsp3) is 0.150. The molecule has 1 atom stereocenters. The van der Waals surface area contributed by atoms with Crippen molar-refractivity contribution in [1.82, 2.24) is 0 Å². The predicted octanol–water partition coefficient (Wildman–Crippen LogP) is 3.15. The van der Waals surface area contributed by atoms with Crippen molar-refractivity contribution in [1.29, 1.82) is 5.26 Å². The highest BCUT2D eigenvalue weighted by molar-refractivity contribution is 7.95. The van der Waals surface area contributed by atoms with Crippen molar-refractivity contribution in [3.8, 4) is 6.07 Å². The maximum Gasteiger partial charge on any atom is 0.177 e. The standard InChI is InChI=1S/C20H16FN3O2S/c21-14-6-8-15(9-7-14)24-17-10-11-27(25,26)19(17)18(16(12-22)20(24)23)13-4-2-1-3-5-13/h1-9,18H,10-11,23H2/t18-/m1/s1. The Morgan fingerprint density at radius 1 is 1.11 bits per heavy atom. The molecule has 2 aromatic rings. The monoisotopic (exact) mass is 381 g/mol. The second-order valence-corrected chi connectivity index (χ2v) is 8.52. The smallest absolute Gasteiger partial charge is 0.177 e. The van der Waals surface area contributed by atoms with Gasteiger partial charge in [0.25, 0.3) is 0 Å². The molecular weight excluding hydrogens is 365 g/mol. The Hall–Kier alpha value is -3.11. The van der Waals surface area contributed by atoms with Gasteiger partial charge < -0.3 is 5.73 Å². The minimum atomic E-state index is -3.54. The van der Waals surface area contributed by atoms with Gasteiger partial charge in [-0.15, -0.1) is 0 Å². The van der Waals surface area contributed by atoms with E-state index in [0.29, 0.717) is 16.9 Å². The van der Waals surface area contributed by atoms with E-state index in [1.807, 2.05) is 6.07 Å². The van der Waals surface area contributed by atoms with Gasteiger partial charge in [0.2, 0.25) is 0 Å². The fourth-order valence-electron chi connectivity index (χ4n) is 3.73. The Balaban J connectivity index is 1.99. The molecule has 0 aliphatic carbocycles. The summed E-state index contributed by atoms with van der Waals surface area (Å²) in [6, 6.07) is 16.7. The molecule has 0 spiro atoms. The topological polar surface area (TPSA) is 87.2 Å². The highest BCUT2D eigenvalue weighted by atomic mass is 32.2. The van der Waals surface area contributed by atoms with Crippen molar-refractivity contribution in [3.05, 3.63) is 88.0 Å². The van der Waals surface area contributed by atoms with Gasteiger partial charge in [-0.05, 0) is 29.8 Å². The first-order valence-corrected chi connectivity index (χ1v) is 10.1. The summed E-state index contributed by atoms with van der Waals surface area (Å²) >= 11 is 0. The quantitative estimate of drug-likeness (QED) is 0.863. The number of nitrogens with zero attached hydrogens (tertiary/aromatic N) is 2. The summed E-state index contributed by atoms with van der Waals surface area (Å²) < 4.78 is 39.1. The van der Waals surface area contributed by atoms with Crippen molar-refractivity contribution in [2.45, 2.75) is 12.3 Å². The second kappa shape index (κ2) is 6.25. The molecule has 2 aromatic carbocycles. The molecule has 7 heteroatoms. The maximum atomic E-state index is 13.3. The van der Waals surface area contributed by atoms with Crippen molar-refractivity contribution in [2.75, 3.05) is 10.7 Å². The zero-order valence-corrected chi connectivity index (χ0v) is 15.1. The molecule has 2 heterocycles. The molecule has 136 valence electrons. The van der Waals surface area contributed by atoms with E-state index in [9.17, 15) is 18.1 Å². The Morgan fingerprint density at radius 2 is 1.78 bits per heavy atom. The lowest BCUT2D eigenvalue weighted by Crippen LogP contribution is -2.34. The number of nitrogens with two attached hydrogens (primary N) is 1. The van der Waals surface area contributed by atoms with E-state index in [2.05, 4.69) is 6.07 Å². The van der Waals surface area contributed by atoms with Gasteiger partial charge in [-0.25, -0.2) is 12.8 Å². The van der Waals surface area contributed by atoms with E-state index in [1.54, 1.807) is 29.2 Å². The van der Waals surface area contributed by atoms with E-state index in [0.717, 1.165) is 0 Å². The van der Waals surface area contributed by atoms with Crippen LogP contribution in [-0.2, 0) is 9.84 Å². The Labute approximate surface area is 156 Å². The molecule has 0 unspecified atom stereocenters. The largest absolute Gasteiger partial charge is 0.384 e. The summed E-state index contributed by atoms with van der Waals surface area (Å²) in [5.41, 5.74) is 8.29. The van der Waals surface area contributed by atoms with Crippen LogP contribution in [0.25, 0.3) is 0 Å². The third-order valence-corrected chi connectivity index (χ3v) is 6.79. The van der Waals surface area contributed by atoms with E-state index in [-0.39, 0.29) is 28.5 Å². The van der Waals surface area contributed by atoms with Gasteiger partial charge in [0.05, 0.1) is 28.2 Å². The van der Waals surface area contributed by atoms with Crippen molar-refractivity contribution >= 4 is 15.5 Å². The molecule has 0 saturated heterocycles. The van der Waals surface area contributed by atoms with E-state index < -0.39 is 21.6 Å². The second-order valence-electron chi connectivity index (χ2n) is 6.45. The minimum Gasteiger partial charge on any atom is -0.384 e. The summed E-state index contributed by atoms with van der Waals surface area (Å²) in [7, 11) is -3.54. The molecular formula is C20H16FN3O2S. The Morgan fingerprint density at radius 3 is 2.41 bits per heavy atom. The van der Waals surface area contributed by atoms with Gasteiger partial charge in [0.1, 0.15) is 11.6 Å². The number of anilines is 1. The van der Waals surface area contributed by atoms with Gasteiger partial charge in [-0.3, -0.25) is 4.90 Å². The maximum absolute atomic E-state index is 13.3. The molecule has 4 rings (SSSR count). The van der Waals surface area contributed by atoms with Crippen LogP contribution in [0.3, 0.4) is 0 Å². The van der Waals surface area contributed by atoms with Crippen LogP contribution in [0.5, 0.6) is 0 Å². The summed E-state index contributed by atoms with van der Waals surface area (Å²) in [6.45, 7) is 0. The Bertz CT molecular complexity index is 1110. The molecule has 0 aromatic heterocycles. The molecule has 5 nitrogen and oxygen atoms in total. The predicted molar refractivity (Wildman–Crippen MR) is 100 cm³/mol. The van der Waals surface area contributed by atoms with Crippen LogP contribution in [0.2, 0.25) is 0 Å². The van der Waals surface area contributed by atoms with Gasteiger partial charge in [-0.1, -0.05) is 30.3 Å². The van der Waals surface area contributed by atoms with Crippen LogP contribution in [0.15, 0.2) is 76.6 Å². The van der Waals surface area contributed by atoms with Gasteiger partial charge >= 0.3 is 0 Å². The zero-order chi connectivity index (χ0) is 19.2. The molecule has 2 N–H and O–H groups in total. The van der Waals surface area contributed by atoms with Crippen LogP contribution >= 0.6 is 0 Å². The molecule has 0 bridgehead atoms. The number of sulfone groups is 1. The number of benzene rings is 2.